The second kappa shape index (κ2) is 5.81. The van der Waals surface area contributed by atoms with Crippen LogP contribution in [0.1, 0.15) is 11.5 Å². The van der Waals surface area contributed by atoms with Gasteiger partial charge in [-0.25, -0.2) is 4.98 Å². The number of hydrogen-bond donors (Lipinski definition) is 0. The number of hydrogen-bond acceptors (Lipinski definition) is 4. The molecule has 2 heterocycles. The van der Waals surface area contributed by atoms with Crippen LogP contribution < -0.4 is 4.74 Å². The molecule has 0 saturated carbocycles. The molecule has 0 aliphatic rings. The van der Waals surface area contributed by atoms with Gasteiger partial charge in [0.05, 0.1) is 9.35 Å². The summed E-state index contributed by atoms with van der Waals surface area (Å²) in [6.45, 7) is 2.30. The summed E-state index contributed by atoms with van der Waals surface area (Å²) in [4.78, 5) is 5.53. The van der Waals surface area contributed by atoms with Gasteiger partial charge in [-0.2, -0.15) is 0 Å². The van der Waals surface area contributed by atoms with Gasteiger partial charge in [0.25, 0.3) is 0 Å². The molecule has 3 rings (SSSR count). The SMILES string of the molecule is Cc1oc(-c2cccs2)nc1COc1ccccc1Br. The maximum absolute atomic E-state index is 5.77. The maximum Gasteiger partial charge on any atom is 0.236 e. The van der Waals surface area contributed by atoms with E-state index in [9.17, 15) is 0 Å². The number of thiophene rings is 1. The predicted molar refractivity (Wildman–Crippen MR) is 83.0 cm³/mol. The lowest BCUT2D eigenvalue weighted by molar-refractivity contribution is 0.297. The zero-order valence-corrected chi connectivity index (χ0v) is 13.2. The minimum absolute atomic E-state index is 0.392. The van der Waals surface area contributed by atoms with Gasteiger partial charge in [0, 0.05) is 0 Å². The third-order valence-electron chi connectivity index (χ3n) is 2.83. The van der Waals surface area contributed by atoms with Crippen molar-refractivity contribution in [3.63, 3.8) is 0 Å². The van der Waals surface area contributed by atoms with Crippen LogP contribution in [0.15, 0.2) is 50.7 Å². The van der Waals surface area contributed by atoms with Crippen molar-refractivity contribution >= 4 is 27.3 Å². The molecule has 0 aliphatic heterocycles. The van der Waals surface area contributed by atoms with Crippen molar-refractivity contribution in [2.45, 2.75) is 13.5 Å². The third kappa shape index (κ3) is 2.78. The Kier molecular flexibility index (Phi) is 3.89. The first-order chi connectivity index (χ1) is 9.74. The van der Waals surface area contributed by atoms with Gasteiger partial charge >= 0.3 is 0 Å². The highest BCUT2D eigenvalue weighted by Crippen LogP contribution is 2.28. The standard InChI is InChI=1S/C15H12BrNO2S/c1-10-12(9-18-13-6-3-2-5-11(13)16)17-15(19-10)14-7-4-8-20-14/h2-8H,9H2,1H3. The summed E-state index contributed by atoms with van der Waals surface area (Å²) in [7, 11) is 0. The second-order valence-electron chi connectivity index (χ2n) is 4.22. The molecule has 2 aromatic heterocycles. The van der Waals surface area contributed by atoms with E-state index in [4.69, 9.17) is 9.15 Å². The maximum atomic E-state index is 5.77. The molecule has 0 bridgehead atoms. The molecular weight excluding hydrogens is 338 g/mol. The minimum atomic E-state index is 0.392. The Hall–Kier alpha value is -1.59. The smallest absolute Gasteiger partial charge is 0.236 e. The highest BCUT2D eigenvalue weighted by molar-refractivity contribution is 9.10. The zero-order chi connectivity index (χ0) is 13.9. The van der Waals surface area contributed by atoms with Gasteiger partial charge in [0.1, 0.15) is 23.8 Å². The number of aryl methyl sites for hydroxylation is 1. The molecule has 0 unspecified atom stereocenters. The van der Waals surface area contributed by atoms with Crippen LogP contribution >= 0.6 is 27.3 Å². The average Bonchev–Trinajstić information content (AvgIpc) is 3.07. The number of nitrogens with zero attached hydrogens (tertiary/aromatic N) is 1. The van der Waals surface area contributed by atoms with E-state index < -0.39 is 0 Å². The first-order valence-electron chi connectivity index (χ1n) is 6.11. The van der Waals surface area contributed by atoms with Crippen LogP contribution in [0.4, 0.5) is 0 Å². The first kappa shape index (κ1) is 13.4. The van der Waals surface area contributed by atoms with Crippen molar-refractivity contribution in [3.05, 3.63) is 57.7 Å². The lowest BCUT2D eigenvalue weighted by atomic mass is 10.3. The number of halogens is 1. The Morgan fingerprint density at radius 2 is 2.10 bits per heavy atom. The Morgan fingerprint density at radius 3 is 2.85 bits per heavy atom. The van der Waals surface area contributed by atoms with Gasteiger partial charge in [-0.3, -0.25) is 0 Å². The molecule has 1 aromatic carbocycles. The molecule has 0 aliphatic carbocycles. The van der Waals surface area contributed by atoms with Crippen molar-refractivity contribution < 1.29 is 9.15 Å². The fourth-order valence-electron chi connectivity index (χ4n) is 1.78. The van der Waals surface area contributed by atoms with Gasteiger partial charge < -0.3 is 9.15 Å². The molecule has 3 aromatic rings. The Bertz CT molecular complexity index is 706. The normalized spacial score (nSPS) is 10.7. The topological polar surface area (TPSA) is 35.3 Å². The molecule has 3 nitrogen and oxygen atoms in total. The van der Waals surface area contributed by atoms with E-state index in [1.54, 1.807) is 11.3 Å². The first-order valence-corrected chi connectivity index (χ1v) is 7.79. The average molecular weight is 350 g/mol. The van der Waals surface area contributed by atoms with E-state index in [0.29, 0.717) is 12.5 Å². The fraction of sp³-hybridized carbons (Fsp3) is 0.133. The number of oxazole rings is 1. The molecule has 0 amide bonds. The number of para-hydroxylation sites is 1. The number of rotatable bonds is 4. The van der Waals surface area contributed by atoms with Crippen LogP contribution in [-0.2, 0) is 6.61 Å². The highest BCUT2D eigenvalue weighted by Gasteiger charge is 2.13. The zero-order valence-electron chi connectivity index (χ0n) is 10.8. The summed E-state index contributed by atoms with van der Waals surface area (Å²) in [6.07, 6.45) is 0. The van der Waals surface area contributed by atoms with Crippen molar-refractivity contribution in [2.24, 2.45) is 0 Å². The molecule has 0 spiro atoms. The van der Waals surface area contributed by atoms with E-state index in [1.165, 1.54) is 0 Å². The Morgan fingerprint density at radius 1 is 1.25 bits per heavy atom. The van der Waals surface area contributed by atoms with E-state index >= 15 is 0 Å². The summed E-state index contributed by atoms with van der Waals surface area (Å²) in [6, 6.07) is 11.7. The summed E-state index contributed by atoms with van der Waals surface area (Å²) in [5, 5.41) is 2.01. The number of ether oxygens (including phenoxy) is 1. The molecule has 0 saturated heterocycles. The monoisotopic (exact) mass is 349 g/mol. The van der Waals surface area contributed by atoms with E-state index in [-0.39, 0.29) is 0 Å². The van der Waals surface area contributed by atoms with Crippen LogP contribution in [0.25, 0.3) is 10.8 Å². The lowest BCUT2D eigenvalue weighted by Gasteiger charge is -2.05. The summed E-state index contributed by atoms with van der Waals surface area (Å²) in [5.41, 5.74) is 0.823. The largest absolute Gasteiger partial charge is 0.486 e. The van der Waals surface area contributed by atoms with Crippen LogP contribution in [0.2, 0.25) is 0 Å². The molecule has 0 radical (unpaired) electrons. The van der Waals surface area contributed by atoms with Crippen LogP contribution in [-0.4, -0.2) is 4.98 Å². The highest BCUT2D eigenvalue weighted by atomic mass is 79.9. The van der Waals surface area contributed by atoms with Crippen molar-refractivity contribution in [1.29, 1.82) is 0 Å². The van der Waals surface area contributed by atoms with Crippen LogP contribution in [0, 0.1) is 6.92 Å². The molecule has 102 valence electrons. The summed E-state index contributed by atoms with van der Waals surface area (Å²) >= 11 is 5.07. The van der Waals surface area contributed by atoms with Gasteiger partial charge in [0.2, 0.25) is 5.89 Å². The van der Waals surface area contributed by atoms with Crippen molar-refractivity contribution in [3.8, 4) is 16.5 Å². The molecule has 0 N–H and O–H groups in total. The van der Waals surface area contributed by atoms with Crippen LogP contribution in [0.5, 0.6) is 5.75 Å². The number of benzene rings is 1. The van der Waals surface area contributed by atoms with E-state index in [2.05, 4.69) is 20.9 Å². The third-order valence-corrected chi connectivity index (χ3v) is 4.34. The minimum Gasteiger partial charge on any atom is -0.486 e. The summed E-state index contributed by atoms with van der Waals surface area (Å²) < 4.78 is 12.4. The van der Waals surface area contributed by atoms with E-state index in [0.717, 1.165) is 26.6 Å². The van der Waals surface area contributed by atoms with Gasteiger partial charge in [-0.15, -0.1) is 11.3 Å². The van der Waals surface area contributed by atoms with Gasteiger partial charge in [-0.05, 0) is 46.4 Å². The molecule has 0 atom stereocenters. The Balaban J connectivity index is 1.77. The fourth-order valence-corrected chi connectivity index (χ4v) is 2.82. The quantitative estimate of drug-likeness (QED) is 0.660. The van der Waals surface area contributed by atoms with Crippen molar-refractivity contribution in [2.75, 3.05) is 0 Å². The molecule has 20 heavy (non-hydrogen) atoms. The van der Waals surface area contributed by atoms with Crippen molar-refractivity contribution in [1.82, 2.24) is 4.98 Å². The van der Waals surface area contributed by atoms with Gasteiger partial charge in [0.15, 0.2) is 0 Å². The van der Waals surface area contributed by atoms with Gasteiger partial charge in [-0.1, -0.05) is 18.2 Å². The molecule has 0 fully saturated rings. The lowest BCUT2D eigenvalue weighted by Crippen LogP contribution is -1.98. The number of aromatic nitrogens is 1. The van der Waals surface area contributed by atoms with Crippen LogP contribution in [0.3, 0.4) is 0 Å². The predicted octanol–water partition coefficient (Wildman–Crippen LogP) is 5.05. The summed E-state index contributed by atoms with van der Waals surface area (Å²) in [5.74, 6) is 2.25. The Labute approximate surface area is 129 Å². The molecule has 5 heteroatoms. The molecular formula is C15H12BrNO2S. The van der Waals surface area contributed by atoms with E-state index in [1.807, 2.05) is 48.7 Å². The second-order valence-corrected chi connectivity index (χ2v) is 6.02.